The Labute approximate surface area is 175 Å². The second kappa shape index (κ2) is 7.19. The standard InChI is InChI=1S/C22H26N4O4/c1-2-24-9-3-4-16(24)12-23-17-8-7-15(11-18(17)26(29)30)25-21(27)19-13-5-6-14(10-13)20(19)22(25)28/h5-8,11,13-14,16,19-20,23H,2-4,9-10,12H2,1H3/t13-,14-,16+,19+,20+/m0/s1. The fourth-order valence-electron chi connectivity index (χ4n) is 5.89. The van der Waals surface area contributed by atoms with E-state index in [1.54, 1.807) is 12.1 Å². The maximum atomic E-state index is 13.0. The highest BCUT2D eigenvalue weighted by Crippen LogP contribution is 2.53. The van der Waals surface area contributed by atoms with Crippen LogP contribution in [0.5, 0.6) is 0 Å². The van der Waals surface area contributed by atoms with Crippen LogP contribution in [-0.4, -0.2) is 47.3 Å². The molecule has 1 aromatic rings. The minimum absolute atomic E-state index is 0.104. The van der Waals surface area contributed by atoms with Crippen molar-refractivity contribution in [3.05, 3.63) is 40.5 Å². The predicted molar refractivity (Wildman–Crippen MR) is 112 cm³/mol. The number of nitrogens with one attached hydrogen (secondary N) is 1. The van der Waals surface area contributed by atoms with E-state index < -0.39 is 4.92 Å². The zero-order valence-corrected chi connectivity index (χ0v) is 17.0. The molecule has 2 amide bonds. The Morgan fingerprint density at radius 1 is 1.17 bits per heavy atom. The van der Waals surface area contributed by atoms with E-state index in [0.29, 0.717) is 24.0 Å². The van der Waals surface area contributed by atoms with Crippen molar-refractivity contribution in [2.75, 3.05) is 29.9 Å². The summed E-state index contributed by atoms with van der Waals surface area (Å²) in [6, 6.07) is 4.99. The number of nitro groups is 1. The van der Waals surface area contributed by atoms with Crippen LogP contribution in [-0.2, 0) is 9.59 Å². The quantitative estimate of drug-likeness (QED) is 0.335. The Bertz CT molecular complexity index is 915. The zero-order chi connectivity index (χ0) is 21.0. The molecule has 0 unspecified atom stereocenters. The van der Waals surface area contributed by atoms with Gasteiger partial charge in [0.25, 0.3) is 5.69 Å². The summed E-state index contributed by atoms with van der Waals surface area (Å²) in [5.41, 5.74) is 0.618. The van der Waals surface area contributed by atoms with Gasteiger partial charge in [-0.25, -0.2) is 4.90 Å². The number of likely N-dealkylation sites (tertiary alicyclic amines) is 1. The zero-order valence-electron chi connectivity index (χ0n) is 17.0. The molecule has 30 heavy (non-hydrogen) atoms. The van der Waals surface area contributed by atoms with Crippen LogP contribution in [0.25, 0.3) is 0 Å². The molecule has 2 heterocycles. The number of fused-ring (bicyclic) bond motifs is 5. The molecule has 4 aliphatic rings. The number of nitro benzene ring substituents is 1. The van der Waals surface area contributed by atoms with Gasteiger partial charge in [-0.15, -0.1) is 0 Å². The van der Waals surface area contributed by atoms with Gasteiger partial charge >= 0.3 is 0 Å². The van der Waals surface area contributed by atoms with Crippen molar-refractivity contribution in [2.24, 2.45) is 23.7 Å². The van der Waals surface area contributed by atoms with Crippen LogP contribution in [0.4, 0.5) is 17.1 Å². The molecule has 8 heteroatoms. The minimum Gasteiger partial charge on any atom is -0.378 e. The lowest BCUT2D eigenvalue weighted by Gasteiger charge is -2.23. The molecule has 3 fully saturated rings. The Morgan fingerprint density at radius 2 is 1.87 bits per heavy atom. The normalized spacial score (nSPS) is 32.3. The largest absolute Gasteiger partial charge is 0.378 e. The monoisotopic (exact) mass is 410 g/mol. The van der Waals surface area contributed by atoms with Crippen LogP contribution in [0.2, 0.25) is 0 Å². The number of carbonyl (C=O) groups is 2. The third kappa shape index (κ3) is 2.85. The van der Waals surface area contributed by atoms with E-state index in [-0.39, 0.29) is 41.2 Å². The van der Waals surface area contributed by atoms with Crippen molar-refractivity contribution in [2.45, 2.75) is 32.2 Å². The van der Waals surface area contributed by atoms with Gasteiger partial charge in [-0.3, -0.25) is 24.6 Å². The lowest BCUT2D eigenvalue weighted by Crippen LogP contribution is -2.35. The van der Waals surface area contributed by atoms with Crippen LogP contribution in [0, 0.1) is 33.8 Å². The first-order valence-corrected chi connectivity index (χ1v) is 10.8. The number of likely N-dealkylation sites (N-methyl/N-ethyl adjacent to an activating group) is 1. The molecule has 0 spiro atoms. The lowest BCUT2D eigenvalue weighted by molar-refractivity contribution is -0.383. The van der Waals surface area contributed by atoms with E-state index >= 15 is 0 Å². The predicted octanol–water partition coefficient (Wildman–Crippen LogP) is 2.80. The second-order valence-electron chi connectivity index (χ2n) is 8.78. The van der Waals surface area contributed by atoms with Gasteiger partial charge < -0.3 is 5.32 Å². The SMILES string of the molecule is CCN1CCC[C@@H]1CNc1ccc(N2C(=O)[C@H]3[C@H](C2=O)[C@H]2C=C[C@H]3C2)cc1[N+](=O)[O-]. The number of imide groups is 1. The lowest BCUT2D eigenvalue weighted by atomic mass is 9.85. The fraction of sp³-hybridized carbons (Fsp3) is 0.545. The summed E-state index contributed by atoms with van der Waals surface area (Å²) in [5.74, 6) is -0.836. The van der Waals surface area contributed by atoms with Crippen molar-refractivity contribution in [3.63, 3.8) is 0 Å². The number of allylic oxidation sites excluding steroid dienone is 2. The van der Waals surface area contributed by atoms with Crippen molar-refractivity contribution < 1.29 is 14.5 Å². The second-order valence-corrected chi connectivity index (χ2v) is 8.78. The highest BCUT2D eigenvalue weighted by molar-refractivity contribution is 6.23. The van der Waals surface area contributed by atoms with E-state index in [1.165, 1.54) is 11.0 Å². The number of rotatable bonds is 6. The number of amides is 2. The maximum Gasteiger partial charge on any atom is 0.294 e. The average molecular weight is 410 g/mol. The molecule has 1 aromatic carbocycles. The van der Waals surface area contributed by atoms with Crippen molar-refractivity contribution in [1.82, 2.24) is 4.90 Å². The Hall–Kier alpha value is -2.74. The number of benzene rings is 1. The van der Waals surface area contributed by atoms with E-state index in [4.69, 9.17) is 0 Å². The molecule has 0 radical (unpaired) electrons. The molecule has 8 nitrogen and oxygen atoms in total. The summed E-state index contributed by atoms with van der Waals surface area (Å²) < 4.78 is 0. The van der Waals surface area contributed by atoms with E-state index in [1.807, 2.05) is 12.2 Å². The van der Waals surface area contributed by atoms with Crippen molar-refractivity contribution in [1.29, 1.82) is 0 Å². The topological polar surface area (TPSA) is 95.8 Å². The summed E-state index contributed by atoms with van der Waals surface area (Å²) in [7, 11) is 0. The molecule has 2 aliphatic carbocycles. The van der Waals surface area contributed by atoms with Gasteiger partial charge in [0, 0.05) is 18.7 Å². The van der Waals surface area contributed by atoms with Crippen molar-refractivity contribution >= 4 is 28.9 Å². The van der Waals surface area contributed by atoms with Crippen LogP contribution in [0.3, 0.4) is 0 Å². The first-order valence-electron chi connectivity index (χ1n) is 10.8. The van der Waals surface area contributed by atoms with Gasteiger partial charge in [-0.1, -0.05) is 19.1 Å². The van der Waals surface area contributed by atoms with Gasteiger partial charge in [0.2, 0.25) is 11.8 Å². The molecule has 5 atom stereocenters. The summed E-state index contributed by atoms with van der Waals surface area (Å²) >= 11 is 0. The summed E-state index contributed by atoms with van der Waals surface area (Å²) in [6.07, 6.45) is 7.15. The van der Waals surface area contributed by atoms with Crippen LogP contribution >= 0.6 is 0 Å². The van der Waals surface area contributed by atoms with E-state index in [2.05, 4.69) is 17.1 Å². The summed E-state index contributed by atoms with van der Waals surface area (Å²) in [4.78, 5) is 40.8. The van der Waals surface area contributed by atoms with Crippen LogP contribution in [0.1, 0.15) is 26.2 Å². The minimum atomic E-state index is -0.449. The third-order valence-electron chi connectivity index (χ3n) is 7.34. The Balaban J connectivity index is 1.38. The number of nitrogens with zero attached hydrogens (tertiary/aromatic N) is 3. The number of hydrogen-bond donors (Lipinski definition) is 1. The van der Waals surface area contributed by atoms with Gasteiger partial charge in [0.1, 0.15) is 5.69 Å². The molecule has 2 saturated heterocycles. The number of anilines is 2. The van der Waals surface area contributed by atoms with Crippen LogP contribution in [0.15, 0.2) is 30.4 Å². The molecular weight excluding hydrogens is 384 g/mol. The average Bonchev–Trinajstić information content (AvgIpc) is 3.50. The molecule has 1 N–H and O–H groups in total. The first kappa shape index (κ1) is 19.2. The maximum absolute atomic E-state index is 13.0. The fourth-order valence-corrected chi connectivity index (χ4v) is 5.89. The highest BCUT2D eigenvalue weighted by Gasteiger charge is 2.59. The Morgan fingerprint density at radius 3 is 2.50 bits per heavy atom. The molecule has 2 aliphatic heterocycles. The van der Waals surface area contributed by atoms with Crippen molar-refractivity contribution in [3.8, 4) is 0 Å². The first-order chi connectivity index (χ1) is 14.5. The third-order valence-corrected chi connectivity index (χ3v) is 7.34. The molecule has 158 valence electrons. The van der Waals surface area contributed by atoms with E-state index in [9.17, 15) is 19.7 Å². The van der Waals surface area contributed by atoms with Gasteiger partial charge in [0.05, 0.1) is 22.4 Å². The molecular formula is C22H26N4O4. The van der Waals surface area contributed by atoms with Gasteiger partial charge in [0.15, 0.2) is 0 Å². The molecule has 2 bridgehead atoms. The molecule has 0 aromatic heterocycles. The van der Waals surface area contributed by atoms with Gasteiger partial charge in [-0.2, -0.15) is 0 Å². The van der Waals surface area contributed by atoms with Crippen LogP contribution < -0.4 is 10.2 Å². The highest BCUT2D eigenvalue weighted by atomic mass is 16.6. The summed E-state index contributed by atoms with van der Waals surface area (Å²) in [5, 5.41) is 15.0. The smallest absolute Gasteiger partial charge is 0.294 e. The van der Waals surface area contributed by atoms with E-state index in [0.717, 1.165) is 32.4 Å². The molecule has 5 rings (SSSR count). The Kier molecular flexibility index (Phi) is 4.61. The van der Waals surface area contributed by atoms with Gasteiger partial charge in [-0.05, 0) is 56.3 Å². The number of carbonyl (C=O) groups excluding carboxylic acids is 2. The number of hydrogen-bond acceptors (Lipinski definition) is 6. The molecule has 1 saturated carbocycles. The summed E-state index contributed by atoms with van der Waals surface area (Å²) in [6.45, 7) is 4.78.